The van der Waals surface area contributed by atoms with Gasteiger partial charge in [0.1, 0.15) is 0 Å². The van der Waals surface area contributed by atoms with Crippen LogP contribution in [0.15, 0.2) is 24.3 Å². The van der Waals surface area contributed by atoms with Crippen molar-refractivity contribution >= 4 is 5.90 Å². The summed E-state index contributed by atoms with van der Waals surface area (Å²) in [7, 11) is 3.01. The van der Waals surface area contributed by atoms with Gasteiger partial charge in [-0.2, -0.15) is 0 Å². The van der Waals surface area contributed by atoms with Gasteiger partial charge < -0.3 is 14.2 Å². The second kappa shape index (κ2) is 5.11. The van der Waals surface area contributed by atoms with Gasteiger partial charge >= 0.3 is 0 Å². The zero-order valence-electron chi connectivity index (χ0n) is 8.24. The van der Waals surface area contributed by atoms with E-state index in [2.05, 4.69) is 4.74 Å². The van der Waals surface area contributed by atoms with Crippen molar-refractivity contribution in [3.8, 4) is 11.5 Å². The Kier molecular flexibility index (Phi) is 3.79. The smallest absolute Gasteiger partial charge is 0.219 e. The summed E-state index contributed by atoms with van der Waals surface area (Å²) in [4.78, 5) is 0. The molecule has 4 nitrogen and oxygen atoms in total. The van der Waals surface area contributed by atoms with Crippen molar-refractivity contribution in [1.82, 2.24) is 0 Å². The van der Waals surface area contributed by atoms with Crippen molar-refractivity contribution in [2.75, 3.05) is 20.8 Å². The van der Waals surface area contributed by atoms with Crippen molar-refractivity contribution in [3.63, 3.8) is 0 Å². The molecule has 0 fully saturated rings. The first kappa shape index (κ1) is 10.4. The van der Waals surface area contributed by atoms with Crippen molar-refractivity contribution in [2.45, 2.75) is 0 Å². The normalized spacial score (nSPS) is 9.29. The van der Waals surface area contributed by atoms with Crippen LogP contribution in [0, 0.1) is 5.41 Å². The van der Waals surface area contributed by atoms with Crippen LogP contribution in [-0.4, -0.2) is 26.7 Å². The molecule has 0 radical (unpaired) electrons. The van der Waals surface area contributed by atoms with Crippen LogP contribution < -0.4 is 9.47 Å². The van der Waals surface area contributed by atoms with Crippen LogP contribution >= 0.6 is 0 Å². The average Bonchev–Trinajstić information content (AvgIpc) is 2.26. The van der Waals surface area contributed by atoms with Crippen LogP contribution in [0.2, 0.25) is 0 Å². The average molecular weight is 195 g/mol. The van der Waals surface area contributed by atoms with Crippen LogP contribution in [0.3, 0.4) is 0 Å². The fraction of sp³-hybridized carbons (Fsp3) is 0.300. The number of para-hydroxylation sites is 2. The summed E-state index contributed by atoms with van der Waals surface area (Å²) in [6, 6.07) is 7.27. The van der Waals surface area contributed by atoms with E-state index in [0.29, 0.717) is 11.5 Å². The highest BCUT2D eigenvalue weighted by atomic mass is 16.5. The van der Waals surface area contributed by atoms with Gasteiger partial charge in [0.15, 0.2) is 18.1 Å². The van der Waals surface area contributed by atoms with Crippen LogP contribution in [0.4, 0.5) is 0 Å². The lowest BCUT2D eigenvalue weighted by Gasteiger charge is -2.09. The summed E-state index contributed by atoms with van der Waals surface area (Å²) in [6.07, 6.45) is 0. The summed E-state index contributed by atoms with van der Waals surface area (Å²) in [6.45, 7) is 0.108. The molecule has 0 amide bonds. The first-order valence-electron chi connectivity index (χ1n) is 4.15. The number of nitrogens with one attached hydrogen (secondary N) is 1. The van der Waals surface area contributed by atoms with Gasteiger partial charge in [0.2, 0.25) is 5.90 Å². The van der Waals surface area contributed by atoms with Gasteiger partial charge in [0.05, 0.1) is 14.2 Å². The standard InChI is InChI=1S/C10H13NO3/c1-12-8-5-3-4-6-9(8)14-7-10(11)13-2/h3-6,11H,7H2,1-2H3. The highest BCUT2D eigenvalue weighted by molar-refractivity contribution is 5.74. The molecule has 0 aliphatic carbocycles. The Morgan fingerprint density at radius 2 is 1.86 bits per heavy atom. The molecule has 0 unspecified atom stereocenters. The molecule has 4 heteroatoms. The molecule has 0 heterocycles. The Bertz CT molecular complexity index is 312. The highest BCUT2D eigenvalue weighted by Crippen LogP contribution is 2.25. The van der Waals surface area contributed by atoms with E-state index in [0.717, 1.165) is 0 Å². The Balaban J connectivity index is 2.61. The van der Waals surface area contributed by atoms with E-state index >= 15 is 0 Å². The minimum absolute atomic E-state index is 0.0795. The summed E-state index contributed by atoms with van der Waals surface area (Å²) in [5.74, 6) is 1.34. The molecular weight excluding hydrogens is 182 g/mol. The molecule has 76 valence electrons. The zero-order chi connectivity index (χ0) is 10.4. The van der Waals surface area contributed by atoms with E-state index in [4.69, 9.17) is 14.9 Å². The summed E-state index contributed by atoms with van der Waals surface area (Å²) >= 11 is 0. The lowest BCUT2D eigenvalue weighted by atomic mass is 10.3. The predicted molar refractivity (Wildman–Crippen MR) is 53.2 cm³/mol. The molecule has 0 aliphatic heterocycles. The van der Waals surface area contributed by atoms with Crippen molar-refractivity contribution < 1.29 is 14.2 Å². The molecule has 0 spiro atoms. The fourth-order valence-electron chi connectivity index (χ4n) is 0.940. The SMILES string of the molecule is COC(=N)COc1ccccc1OC. The highest BCUT2D eigenvalue weighted by Gasteiger charge is 2.03. The third-order valence-corrected chi connectivity index (χ3v) is 1.67. The maximum Gasteiger partial charge on any atom is 0.219 e. The molecule has 1 N–H and O–H groups in total. The number of hydrogen-bond donors (Lipinski definition) is 1. The van der Waals surface area contributed by atoms with E-state index < -0.39 is 0 Å². The first-order chi connectivity index (χ1) is 6.77. The largest absolute Gasteiger partial charge is 0.493 e. The van der Waals surface area contributed by atoms with E-state index in [1.165, 1.54) is 7.11 Å². The molecule has 0 atom stereocenters. The van der Waals surface area contributed by atoms with Gasteiger partial charge in [-0.3, -0.25) is 5.41 Å². The number of ether oxygens (including phenoxy) is 3. The second-order valence-corrected chi connectivity index (χ2v) is 2.57. The minimum atomic E-state index is 0.0795. The van der Waals surface area contributed by atoms with Gasteiger partial charge in [-0.05, 0) is 12.1 Å². The monoisotopic (exact) mass is 195 g/mol. The van der Waals surface area contributed by atoms with Crippen LogP contribution in [-0.2, 0) is 4.74 Å². The van der Waals surface area contributed by atoms with Gasteiger partial charge in [-0.25, -0.2) is 0 Å². The quantitative estimate of drug-likeness (QED) is 0.587. The Hall–Kier alpha value is -1.71. The second-order valence-electron chi connectivity index (χ2n) is 2.57. The molecule has 0 aromatic heterocycles. The first-order valence-corrected chi connectivity index (χ1v) is 4.15. The van der Waals surface area contributed by atoms with Gasteiger partial charge in [-0.1, -0.05) is 12.1 Å². The van der Waals surface area contributed by atoms with Crippen LogP contribution in [0.5, 0.6) is 11.5 Å². The Labute approximate surface area is 82.9 Å². The third kappa shape index (κ3) is 2.65. The number of benzene rings is 1. The molecule has 1 aromatic carbocycles. The topological polar surface area (TPSA) is 51.5 Å². The van der Waals surface area contributed by atoms with Crippen molar-refractivity contribution in [3.05, 3.63) is 24.3 Å². The summed E-state index contributed by atoms with van der Waals surface area (Å²) in [5, 5.41) is 7.23. The molecule has 0 saturated heterocycles. The van der Waals surface area contributed by atoms with Crippen LogP contribution in [0.1, 0.15) is 0 Å². The number of hydrogen-bond acceptors (Lipinski definition) is 4. The molecule has 0 aliphatic rings. The molecular formula is C10H13NO3. The van der Waals surface area contributed by atoms with Crippen molar-refractivity contribution in [1.29, 1.82) is 5.41 Å². The van der Waals surface area contributed by atoms with Gasteiger partial charge in [0, 0.05) is 0 Å². The zero-order valence-corrected chi connectivity index (χ0v) is 8.24. The Morgan fingerprint density at radius 1 is 1.21 bits per heavy atom. The van der Waals surface area contributed by atoms with Crippen molar-refractivity contribution in [2.24, 2.45) is 0 Å². The molecule has 1 aromatic rings. The van der Waals surface area contributed by atoms with E-state index in [1.54, 1.807) is 19.2 Å². The lowest BCUT2D eigenvalue weighted by molar-refractivity contribution is 0.295. The van der Waals surface area contributed by atoms with E-state index in [1.807, 2.05) is 12.1 Å². The maximum atomic E-state index is 7.23. The van der Waals surface area contributed by atoms with E-state index in [9.17, 15) is 0 Å². The number of rotatable bonds is 4. The molecule has 0 saturated carbocycles. The van der Waals surface area contributed by atoms with Gasteiger partial charge in [-0.15, -0.1) is 0 Å². The van der Waals surface area contributed by atoms with Crippen LogP contribution in [0.25, 0.3) is 0 Å². The molecule has 1 rings (SSSR count). The summed E-state index contributed by atoms with van der Waals surface area (Å²) < 4.78 is 15.0. The fourth-order valence-corrected chi connectivity index (χ4v) is 0.940. The predicted octanol–water partition coefficient (Wildman–Crippen LogP) is 1.70. The number of methoxy groups -OCH3 is 2. The molecule has 14 heavy (non-hydrogen) atoms. The third-order valence-electron chi connectivity index (χ3n) is 1.67. The minimum Gasteiger partial charge on any atom is -0.493 e. The Morgan fingerprint density at radius 3 is 2.43 bits per heavy atom. The van der Waals surface area contributed by atoms with E-state index in [-0.39, 0.29) is 12.5 Å². The van der Waals surface area contributed by atoms with Gasteiger partial charge in [0.25, 0.3) is 0 Å². The summed E-state index contributed by atoms with van der Waals surface area (Å²) in [5.41, 5.74) is 0. The lowest BCUT2D eigenvalue weighted by Crippen LogP contribution is -2.12. The maximum absolute atomic E-state index is 7.23. The molecule has 0 bridgehead atoms.